The lowest BCUT2D eigenvalue weighted by molar-refractivity contribution is -0.128. The van der Waals surface area contributed by atoms with Crippen molar-refractivity contribution in [2.45, 2.75) is 19.4 Å². The Hall–Kier alpha value is -3.87. The number of pyridine rings is 1. The second-order valence-corrected chi connectivity index (χ2v) is 6.99. The number of nitrogens with two attached hydrogens (primary N) is 1. The predicted molar refractivity (Wildman–Crippen MR) is 115 cm³/mol. The predicted octanol–water partition coefficient (Wildman–Crippen LogP) is 3.33. The first-order valence-electron chi connectivity index (χ1n) is 9.73. The SMILES string of the molecule is CCc1ccc(NC(=O)CN2C(=O)C(c3ccccc3)Oc3ccc(N)nc32)cc1. The molecule has 3 aromatic rings. The molecule has 4 rings (SSSR count). The molecule has 0 aliphatic carbocycles. The number of hydrogen-bond acceptors (Lipinski definition) is 5. The number of aromatic nitrogens is 1. The molecule has 30 heavy (non-hydrogen) atoms. The molecule has 0 saturated carbocycles. The van der Waals surface area contributed by atoms with E-state index in [4.69, 9.17) is 10.5 Å². The first kappa shape index (κ1) is 19.4. The number of nitrogen functional groups attached to an aromatic ring is 1. The number of aryl methyl sites for hydroxylation is 1. The molecule has 1 atom stereocenters. The number of fused-ring (bicyclic) bond motifs is 1. The number of amides is 2. The summed E-state index contributed by atoms with van der Waals surface area (Å²) in [6.45, 7) is 1.86. The fourth-order valence-electron chi connectivity index (χ4n) is 3.32. The van der Waals surface area contributed by atoms with E-state index in [1.54, 1.807) is 12.1 Å². The van der Waals surface area contributed by atoms with Crippen molar-refractivity contribution in [1.82, 2.24) is 4.98 Å². The van der Waals surface area contributed by atoms with Crippen LogP contribution in [-0.4, -0.2) is 23.3 Å². The van der Waals surface area contributed by atoms with Gasteiger partial charge in [-0.25, -0.2) is 4.98 Å². The van der Waals surface area contributed by atoms with Crippen LogP contribution >= 0.6 is 0 Å². The Labute approximate surface area is 174 Å². The van der Waals surface area contributed by atoms with Gasteiger partial charge in [-0.15, -0.1) is 0 Å². The Morgan fingerprint density at radius 2 is 1.83 bits per heavy atom. The maximum atomic E-state index is 13.2. The van der Waals surface area contributed by atoms with Crippen LogP contribution in [0.4, 0.5) is 17.3 Å². The number of nitrogens with one attached hydrogen (secondary N) is 1. The van der Waals surface area contributed by atoms with Crippen molar-refractivity contribution in [3.63, 3.8) is 0 Å². The van der Waals surface area contributed by atoms with Crippen molar-refractivity contribution in [2.75, 3.05) is 22.5 Å². The molecule has 0 fully saturated rings. The monoisotopic (exact) mass is 402 g/mol. The number of benzene rings is 2. The van der Waals surface area contributed by atoms with Crippen LogP contribution in [0.5, 0.6) is 5.75 Å². The number of ether oxygens (including phenoxy) is 1. The minimum absolute atomic E-state index is 0.204. The molecule has 152 valence electrons. The summed E-state index contributed by atoms with van der Waals surface area (Å²) in [7, 11) is 0. The van der Waals surface area contributed by atoms with Gasteiger partial charge in [-0.05, 0) is 36.2 Å². The van der Waals surface area contributed by atoms with Gasteiger partial charge in [0.05, 0.1) is 0 Å². The summed E-state index contributed by atoms with van der Waals surface area (Å²) in [4.78, 5) is 31.5. The van der Waals surface area contributed by atoms with Gasteiger partial charge in [0.15, 0.2) is 11.6 Å². The summed E-state index contributed by atoms with van der Waals surface area (Å²) in [6, 6.07) is 20.0. The molecule has 1 aromatic heterocycles. The number of carbonyl (C=O) groups is 2. The lowest BCUT2D eigenvalue weighted by Crippen LogP contribution is -2.45. The van der Waals surface area contributed by atoms with Gasteiger partial charge in [-0.2, -0.15) is 0 Å². The number of nitrogens with zero attached hydrogens (tertiary/aromatic N) is 2. The first-order valence-corrected chi connectivity index (χ1v) is 9.73. The number of anilines is 3. The summed E-state index contributed by atoms with van der Waals surface area (Å²) in [5, 5.41) is 2.83. The smallest absolute Gasteiger partial charge is 0.274 e. The van der Waals surface area contributed by atoms with Gasteiger partial charge in [-0.3, -0.25) is 14.5 Å². The zero-order valence-electron chi connectivity index (χ0n) is 16.5. The zero-order chi connectivity index (χ0) is 21.1. The number of hydrogen-bond donors (Lipinski definition) is 2. The van der Waals surface area contributed by atoms with E-state index in [2.05, 4.69) is 17.2 Å². The number of rotatable bonds is 5. The minimum Gasteiger partial charge on any atom is -0.472 e. The van der Waals surface area contributed by atoms with Crippen LogP contribution in [0, 0.1) is 0 Å². The normalized spacial score (nSPS) is 15.3. The maximum absolute atomic E-state index is 13.2. The second-order valence-electron chi connectivity index (χ2n) is 6.99. The van der Waals surface area contributed by atoms with E-state index in [1.807, 2.05) is 54.6 Å². The third kappa shape index (κ3) is 3.96. The van der Waals surface area contributed by atoms with Gasteiger partial charge in [0, 0.05) is 11.3 Å². The lowest BCUT2D eigenvalue weighted by atomic mass is 10.1. The van der Waals surface area contributed by atoms with Crippen molar-refractivity contribution in [1.29, 1.82) is 0 Å². The molecule has 2 amide bonds. The third-order valence-corrected chi connectivity index (χ3v) is 4.90. The Morgan fingerprint density at radius 3 is 2.53 bits per heavy atom. The average Bonchev–Trinajstić information content (AvgIpc) is 2.77. The molecular formula is C23H22N4O3. The fourth-order valence-corrected chi connectivity index (χ4v) is 3.32. The summed E-state index contributed by atoms with van der Waals surface area (Å²) in [5.74, 6) is 0.171. The summed E-state index contributed by atoms with van der Waals surface area (Å²) in [5.41, 5.74) is 8.35. The fraction of sp³-hybridized carbons (Fsp3) is 0.174. The van der Waals surface area contributed by atoms with Crippen molar-refractivity contribution >= 4 is 29.1 Å². The summed E-state index contributed by atoms with van der Waals surface area (Å²) in [6.07, 6.45) is 0.0575. The van der Waals surface area contributed by atoms with E-state index < -0.39 is 6.10 Å². The molecule has 2 aromatic carbocycles. The van der Waals surface area contributed by atoms with Crippen molar-refractivity contribution in [3.8, 4) is 5.75 Å². The molecule has 0 saturated heterocycles. The van der Waals surface area contributed by atoms with Crippen molar-refractivity contribution in [3.05, 3.63) is 77.9 Å². The van der Waals surface area contributed by atoms with E-state index in [-0.39, 0.29) is 30.0 Å². The second kappa shape index (κ2) is 8.24. The highest BCUT2D eigenvalue weighted by atomic mass is 16.5. The van der Waals surface area contributed by atoms with E-state index in [0.717, 1.165) is 6.42 Å². The van der Waals surface area contributed by atoms with Gasteiger partial charge in [0.2, 0.25) is 12.0 Å². The number of carbonyl (C=O) groups excluding carboxylic acids is 2. The van der Waals surface area contributed by atoms with Crippen LogP contribution in [0.25, 0.3) is 0 Å². The van der Waals surface area contributed by atoms with Gasteiger partial charge >= 0.3 is 0 Å². The Morgan fingerprint density at radius 1 is 1.10 bits per heavy atom. The zero-order valence-corrected chi connectivity index (χ0v) is 16.5. The molecule has 3 N–H and O–H groups in total. The Balaban J connectivity index is 1.60. The summed E-state index contributed by atoms with van der Waals surface area (Å²) < 4.78 is 5.90. The highest BCUT2D eigenvalue weighted by Crippen LogP contribution is 2.38. The Kier molecular flexibility index (Phi) is 5.34. The van der Waals surface area contributed by atoms with Crippen LogP contribution in [0.3, 0.4) is 0 Å². The average molecular weight is 402 g/mol. The largest absolute Gasteiger partial charge is 0.472 e. The van der Waals surface area contributed by atoms with Gasteiger partial charge < -0.3 is 15.8 Å². The highest BCUT2D eigenvalue weighted by Gasteiger charge is 2.37. The van der Waals surface area contributed by atoms with Crippen LogP contribution in [-0.2, 0) is 16.0 Å². The minimum atomic E-state index is -0.860. The van der Waals surface area contributed by atoms with E-state index in [0.29, 0.717) is 17.0 Å². The van der Waals surface area contributed by atoms with Gasteiger partial charge in [0.1, 0.15) is 12.4 Å². The molecular weight excluding hydrogens is 380 g/mol. The van der Waals surface area contributed by atoms with Crippen LogP contribution in [0.1, 0.15) is 24.2 Å². The van der Waals surface area contributed by atoms with Crippen LogP contribution in [0.2, 0.25) is 0 Å². The molecule has 2 heterocycles. The van der Waals surface area contributed by atoms with Crippen molar-refractivity contribution < 1.29 is 14.3 Å². The van der Waals surface area contributed by atoms with Crippen LogP contribution in [0.15, 0.2) is 66.7 Å². The molecule has 1 aliphatic rings. The maximum Gasteiger partial charge on any atom is 0.274 e. The lowest BCUT2D eigenvalue weighted by Gasteiger charge is -2.33. The summed E-state index contributed by atoms with van der Waals surface area (Å²) >= 11 is 0. The molecule has 7 nitrogen and oxygen atoms in total. The Bertz CT molecular complexity index is 1070. The molecule has 0 bridgehead atoms. The van der Waals surface area contributed by atoms with E-state index >= 15 is 0 Å². The highest BCUT2D eigenvalue weighted by molar-refractivity contribution is 6.06. The topological polar surface area (TPSA) is 97.5 Å². The molecule has 1 unspecified atom stereocenters. The van der Waals surface area contributed by atoms with E-state index in [9.17, 15) is 9.59 Å². The molecule has 1 aliphatic heterocycles. The van der Waals surface area contributed by atoms with Gasteiger partial charge in [-0.1, -0.05) is 49.4 Å². The first-order chi connectivity index (χ1) is 14.5. The van der Waals surface area contributed by atoms with Gasteiger partial charge in [0.25, 0.3) is 5.91 Å². The standard InChI is InChI=1S/C23H22N4O3/c1-2-15-8-10-17(11-9-15)25-20(28)14-27-22-18(12-13-19(24)26-22)30-21(23(27)29)16-6-4-3-5-7-16/h3-13,21H,2,14H2,1H3,(H2,24,26)(H,25,28). The van der Waals surface area contributed by atoms with Crippen LogP contribution < -0.4 is 20.7 Å². The third-order valence-electron chi connectivity index (χ3n) is 4.90. The van der Waals surface area contributed by atoms with E-state index in [1.165, 1.54) is 10.5 Å². The molecule has 0 radical (unpaired) electrons. The molecule has 0 spiro atoms. The quantitative estimate of drug-likeness (QED) is 0.682. The molecule has 7 heteroatoms. The van der Waals surface area contributed by atoms with Crippen molar-refractivity contribution in [2.24, 2.45) is 0 Å².